The Hall–Kier alpha value is -1.70. The van der Waals surface area contributed by atoms with Gasteiger partial charge in [-0.3, -0.25) is 0 Å². The molecule has 0 nitrogen and oxygen atoms in total. The summed E-state index contributed by atoms with van der Waals surface area (Å²) < 4.78 is 24.9. The van der Waals surface area contributed by atoms with E-state index in [-0.39, 0.29) is 0 Å². The van der Waals surface area contributed by atoms with E-state index in [1.807, 2.05) is 12.1 Å². The van der Waals surface area contributed by atoms with Crippen molar-refractivity contribution in [2.75, 3.05) is 0 Å². The molecular formula is C25H32F2. The van der Waals surface area contributed by atoms with Crippen LogP contribution in [0.25, 0.3) is 16.8 Å². The van der Waals surface area contributed by atoms with E-state index in [1.165, 1.54) is 69.8 Å². The van der Waals surface area contributed by atoms with Crippen molar-refractivity contribution in [3.8, 4) is 0 Å². The molecule has 1 saturated carbocycles. The molecule has 0 heterocycles. The van der Waals surface area contributed by atoms with Gasteiger partial charge in [0.15, 0.2) is 0 Å². The lowest BCUT2D eigenvalue weighted by Gasteiger charge is -2.29. The van der Waals surface area contributed by atoms with Gasteiger partial charge in [0, 0.05) is 6.08 Å². The molecule has 3 rings (SSSR count). The van der Waals surface area contributed by atoms with Crippen LogP contribution in [0.3, 0.4) is 0 Å². The van der Waals surface area contributed by atoms with Crippen LogP contribution in [0.2, 0.25) is 0 Å². The van der Waals surface area contributed by atoms with Crippen molar-refractivity contribution in [2.24, 2.45) is 5.92 Å². The van der Waals surface area contributed by atoms with Crippen molar-refractivity contribution in [3.05, 3.63) is 53.6 Å². The maximum Gasteiger partial charge on any atom is 0.270 e. The molecule has 2 aromatic rings. The highest BCUT2D eigenvalue weighted by Gasteiger charge is 2.22. The molecule has 0 amide bonds. The zero-order valence-corrected chi connectivity index (χ0v) is 16.5. The summed E-state index contributed by atoms with van der Waals surface area (Å²) in [5.41, 5.74) is 1.98. The topological polar surface area (TPSA) is 0 Å². The first-order valence-corrected chi connectivity index (χ1v) is 10.7. The molecule has 1 fully saturated rings. The van der Waals surface area contributed by atoms with Crippen molar-refractivity contribution in [3.63, 3.8) is 0 Å². The second-order valence-electron chi connectivity index (χ2n) is 8.22. The van der Waals surface area contributed by atoms with Gasteiger partial charge in [0.25, 0.3) is 6.08 Å². The van der Waals surface area contributed by atoms with Gasteiger partial charge in [-0.15, -0.1) is 0 Å². The van der Waals surface area contributed by atoms with Crippen LogP contribution in [0.1, 0.15) is 88.2 Å². The second kappa shape index (κ2) is 10.0. The summed E-state index contributed by atoms with van der Waals surface area (Å²) in [4.78, 5) is 0. The summed E-state index contributed by atoms with van der Waals surface area (Å²) >= 11 is 0. The van der Waals surface area contributed by atoms with Crippen LogP contribution in [0.4, 0.5) is 8.78 Å². The maximum atomic E-state index is 12.5. The Labute approximate surface area is 162 Å². The van der Waals surface area contributed by atoms with E-state index in [4.69, 9.17) is 0 Å². The molecule has 0 spiro atoms. The first kappa shape index (κ1) is 20.0. The molecule has 0 aliphatic heterocycles. The van der Waals surface area contributed by atoms with Crippen LogP contribution in [0.15, 0.2) is 42.5 Å². The Bertz CT molecular complexity index is 750. The average Bonchev–Trinajstić information content (AvgIpc) is 2.67. The zero-order chi connectivity index (χ0) is 19.1. The fourth-order valence-corrected chi connectivity index (χ4v) is 4.57. The van der Waals surface area contributed by atoms with E-state index in [9.17, 15) is 8.78 Å². The minimum Gasteiger partial charge on any atom is -0.173 e. The first-order chi connectivity index (χ1) is 13.2. The lowest BCUT2D eigenvalue weighted by atomic mass is 9.76. The molecule has 2 heteroatoms. The smallest absolute Gasteiger partial charge is 0.173 e. The van der Waals surface area contributed by atoms with E-state index >= 15 is 0 Å². The normalized spacial score (nSPS) is 20.0. The summed E-state index contributed by atoms with van der Waals surface area (Å²) in [5, 5.41) is 2.19. The summed E-state index contributed by atoms with van der Waals surface area (Å²) in [6, 6.07) is 12.2. The fraction of sp³-hybridized carbons (Fsp3) is 0.520. The highest BCUT2D eigenvalue weighted by molar-refractivity contribution is 5.85. The minimum absolute atomic E-state index is 0.565. The SMILES string of the molecule is CCCCCCCC1CCC(c2ccc3cc(C=C(F)F)ccc3c2)CC1. The van der Waals surface area contributed by atoms with Gasteiger partial charge in [-0.05, 0) is 65.5 Å². The molecule has 0 aromatic heterocycles. The number of benzene rings is 2. The van der Waals surface area contributed by atoms with Gasteiger partial charge in [0.1, 0.15) is 0 Å². The zero-order valence-electron chi connectivity index (χ0n) is 16.5. The highest BCUT2D eigenvalue weighted by Crippen LogP contribution is 2.38. The second-order valence-corrected chi connectivity index (χ2v) is 8.22. The Morgan fingerprint density at radius 3 is 2.33 bits per heavy atom. The molecule has 27 heavy (non-hydrogen) atoms. The van der Waals surface area contributed by atoms with Crippen LogP contribution in [-0.4, -0.2) is 0 Å². The lowest BCUT2D eigenvalue weighted by Crippen LogP contribution is -2.13. The Morgan fingerprint density at radius 2 is 1.59 bits per heavy atom. The van der Waals surface area contributed by atoms with Crippen molar-refractivity contribution < 1.29 is 8.78 Å². The van der Waals surface area contributed by atoms with E-state index in [0.29, 0.717) is 11.5 Å². The molecule has 0 atom stereocenters. The van der Waals surface area contributed by atoms with E-state index in [1.54, 1.807) is 6.07 Å². The number of halogens is 2. The molecule has 146 valence electrons. The highest BCUT2D eigenvalue weighted by atomic mass is 19.3. The van der Waals surface area contributed by atoms with Gasteiger partial charge in [-0.2, -0.15) is 8.78 Å². The standard InChI is InChI=1S/C25H32F2/c1-2-3-4-5-6-7-19-8-11-21(12-9-19)23-15-14-22-16-20(17-25(26)27)10-13-24(22)18-23/h10,13-19,21H,2-9,11-12H2,1H3. The Balaban J connectivity index is 1.55. The molecule has 1 aliphatic carbocycles. The molecule has 0 radical (unpaired) electrons. The lowest BCUT2D eigenvalue weighted by molar-refractivity contribution is 0.302. The summed E-state index contributed by atoms with van der Waals surface area (Å²) in [6.07, 6.45) is 12.9. The van der Waals surface area contributed by atoms with Crippen molar-refractivity contribution in [1.29, 1.82) is 0 Å². The van der Waals surface area contributed by atoms with Crippen LogP contribution in [0.5, 0.6) is 0 Å². The number of fused-ring (bicyclic) bond motifs is 1. The number of unbranched alkanes of at least 4 members (excludes halogenated alkanes) is 4. The van der Waals surface area contributed by atoms with E-state index in [2.05, 4.69) is 25.1 Å². The Morgan fingerprint density at radius 1 is 0.889 bits per heavy atom. The quantitative estimate of drug-likeness (QED) is 0.408. The van der Waals surface area contributed by atoms with E-state index in [0.717, 1.165) is 22.8 Å². The summed E-state index contributed by atoms with van der Waals surface area (Å²) in [7, 11) is 0. The molecule has 0 N–H and O–H groups in total. The van der Waals surface area contributed by atoms with E-state index < -0.39 is 6.08 Å². The number of rotatable bonds is 8. The molecule has 1 aliphatic rings. The molecule has 2 aromatic carbocycles. The van der Waals surface area contributed by atoms with Gasteiger partial charge < -0.3 is 0 Å². The van der Waals surface area contributed by atoms with Crippen LogP contribution in [0, 0.1) is 5.92 Å². The van der Waals surface area contributed by atoms with Crippen LogP contribution >= 0.6 is 0 Å². The first-order valence-electron chi connectivity index (χ1n) is 10.7. The third-order valence-electron chi connectivity index (χ3n) is 6.20. The fourth-order valence-electron chi connectivity index (χ4n) is 4.57. The third-order valence-corrected chi connectivity index (χ3v) is 6.20. The summed E-state index contributed by atoms with van der Waals surface area (Å²) in [6.45, 7) is 2.27. The van der Waals surface area contributed by atoms with Crippen molar-refractivity contribution in [1.82, 2.24) is 0 Å². The van der Waals surface area contributed by atoms with Gasteiger partial charge in [0.05, 0.1) is 0 Å². The van der Waals surface area contributed by atoms with Crippen LogP contribution in [-0.2, 0) is 0 Å². The largest absolute Gasteiger partial charge is 0.270 e. The number of hydrogen-bond acceptors (Lipinski definition) is 0. The van der Waals surface area contributed by atoms with Crippen LogP contribution < -0.4 is 0 Å². The van der Waals surface area contributed by atoms with Crippen molar-refractivity contribution >= 4 is 16.8 Å². The summed E-state index contributed by atoms with van der Waals surface area (Å²) in [5.74, 6) is 1.59. The predicted octanol–water partition coefficient (Wildman–Crippen LogP) is 8.71. The molecule has 0 saturated heterocycles. The maximum absolute atomic E-state index is 12.5. The molecular weight excluding hydrogens is 338 g/mol. The minimum atomic E-state index is -1.65. The van der Waals surface area contributed by atoms with Gasteiger partial charge in [-0.25, -0.2) is 0 Å². The van der Waals surface area contributed by atoms with Gasteiger partial charge in [-0.1, -0.05) is 75.8 Å². The van der Waals surface area contributed by atoms with Gasteiger partial charge >= 0.3 is 0 Å². The number of hydrogen-bond donors (Lipinski definition) is 0. The Kier molecular flexibility index (Phi) is 7.43. The monoisotopic (exact) mass is 370 g/mol. The average molecular weight is 371 g/mol. The third kappa shape index (κ3) is 5.89. The predicted molar refractivity (Wildman–Crippen MR) is 112 cm³/mol. The van der Waals surface area contributed by atoms with Crippen molar-refractivity contribution in [2.45, 2.75) is 77.0 Å². The van der Waals surface area contributed by atoms with Gasteiger partial charge in [0.2, 0.25) is 0 Å². The molecule has 0 unspecified atom stereocenters. The molecule has 0 bridgehead atoms.